The zero-order chi connectivity index (χ0) is 15.1. The standard InChI is InChI=1S/C17H18BrFN2O/c18-13-7-11-3-4-17(21-15(11)9-14(13)19)20-12-5-6-22-16(8-12)10-1-2-10/h3-4,7,9-10,12,16H,1-2,5-6,8H2,(H,20,21). The molecule has 1 aromatic carbocycles. The predicted molar refractivity (Wildman–Crippen MR) is 88.5 cm³/mol. The van der Waals surface area contributed by atoms with E-state index in [2.05, 4.69) is 26.2 Å². The van der Waals surface area contributed by atoms with Gasteiger partial charge in [-0.25, -0.2) is 9.37 Å². The fraction of sp³-hybridized carbons (Fsp3) is 0.471. The maximum absolute atomic E-state index is 13.7. The van der Waals surface area contributed by atoms with Crippen molar-refractivity contribution in [3.05, 3.63) is 34.6 Å². The Morgan fingerprint density at radius 2 is 2.09 bits per heavy atom. The number of nitrogens with zero attached hydrogens (tertiary/aromatic N) is 1. The quantitative estimate of drug-likeness (QED) is 0.869. The van der Waals surface area contributed by atoms with Crippen molar-refractivity contribution in [2.45, 2.75) is 37.8 Å². The normalized spacial score (nSPS) is 25.4. The first-order valence-electron chi connectivity index (χ1n) is 7.83. The Morgan fingerprint density at radius 1 is 1.23 bits per heavy atom. The number of hydrogen-bond donors (Lipinski definition) is 1. The first-order chi connectivity index (χ1) is 10.7. The lowest BCUT2D eigenvalue weighted by atomic mass is 10.00. The summed E-state index contributed by atoms with van der Waals surface area (Å²) in [5.74, 6) is 1.30. The van der Waals surface area contributed by atoms with Crippen molar-refractivity contribution < 1.29 is 9.13 Å². The van der Waals surface area contributed by atoms with Crippen LogP contribution in [0.15, 0.2) is 28.7 Å². The van der Waals surface area contributed by atoms with Gasteiger partial charge >= 0.3 is 0 Å². The van der Waals surface area contributed by atoms with E-state index in [0.717, 1.165) is 36.6 Å². The predicted octanol–water partition coefficient (Wildman–Crippen LogP) is 4.51. The smallest absolute Gasteiger partial charge is 0.139 e. The second kappa shape index (κ2) is 5.78. The van der Waals surface area contributed by atoms with Crippen LogP contribution in [0.5, 0.6) is 0 Å². The molecular formula is C17H18BrFN2O. The average molecular weight is 365 g/mol. The second-order valence-electron chi connectivity index (χ2n) is 6.27. The molecular weight excluding hydrogens is 347 g/mol. The average Bonchev–Trinajstić information content (AvgIpc) is 3.34. The molecule has 0 spiro atoms. The van der Waals surface area contributed by atoms with Crippen molar-refractivity contribution in [3.63, 3.8) is 0 Å². The first-order valence-corrected chi connectivity index (χ1v) is 8.62. The Balaban J connectivity index is 1.52. The van der Waals surface area contributed by atoms with Gasteiger partial charge < -0.3 is 10.1 Å². The van der Waals surface area contributed by atoms with Crippen LogP contribution in [0, 0.1) is 11.7 Å². The summed E-state index contributed by atoms with van der Waals surface area (Å²) in [6, 6.07) is 7.58. The van der Waals surface area contributed by atoms with E-state index in [1.54, 1.807) is 6.07 Å². The van der Waals surface area contributed by atoms with E-state index < -0.39 is 0 Å². The van der Waals surface area contributed by atoms with E-state index in [0.29, 0.717) is 22.1 Å². The Bertz CT molecular complexity index is 704. The zero-order valence-corrected chi connectivity index (χ0v) is 13.8. The van der Waals surface area contributed by atoms with Crippen LogP contribution >= 0.6 is 15.9 Å². The van der Waals surface area contributed by atoms with Crippen LogP contribution in [-0.4, -0.2) is 23.7 Å². The third-order valence-corrected chi connectivity index (χ3v) is 5.15. The SMILES string of the molecule is Fc1cc2nc(NC3CCOC(C4CC4)C3)ccc2cc1Br. The molecule has 1 aliphatic heterocycles. The minimum absolute atomic E-state index is 0.281. The summed E-state index contributed by atoms with van der Waals surface area (Å²) >= 11 is 3.21. The van der Waals surface area contributed by atoms with Crippen molar-refractivity contribution in [1.82, 2.24) is 4.98 Å². The Labute approximate surface area is 137 Å². The monoisotopic (exact) mass is 364 g/mol. The molecule has 3 nitrogen and oxygen atoms in total. The fourth-order valence-corrected chi connectivity index (χ4v) is 3.52. The molecule has 1 aromatic heterocycles. The molecule has 1 saturated carbocycles. The van der Waals surface area contributed by atoms with Gasteiger partial charge in [-0.05, 0) is 65.7 Å². The van der Waals surface area contributed by atoms with Gasteiger partial charge in [-0.3, -0.25) is 0 Å². The van der Waals surface area contributed by atoms with Crippen LogP contribution in [0.3, 0.4) is 0 Å². The molecule has 116 valence electrons. The number of aromatic nitrogens is 1. The number of ether oxygens (including phenoxy) is 1. The molecule has 2 atom stereocenters. The molecule has 2 unspecified atom stereocenters. The summed E-state index contributed by atoms with van der Waals surface area (Å²) in [5, 5.41) is 4.43. The highest BCUT2D eigenvalue weighted by molar-refractivity contribution is 9.10. The zero-order valence-electron chi connectivity index (χ0n) is 12.2. The van der Waals surface area contributed by atoms with Crippen molar-refractivity contribution in [3.8, 4) is 0 Å². The maximum Gasteiger partial charge on any atom is 0.139 e. The largest absolute Gasteiger partial charge is 0.378 e. The van der Waals surface area contributed by atoms with Gasteiger partial charge in [-0.2, -0.15) is 0 Å². The van der Waals surface area contributed by atoms with Gasteiger partial charge in [-0.1, -0.05) is 0 Å². The number of rotatable bonds is 3. The summed E-state index contributed by atoms with van der Waals surface area (Å²) in [4.78, 5) is 4.54. The van der Waals surface area contributed by atoms with Gasteiger partial charge in [0.1, 0.15) is 11.6 Å². The fourth-order valence-electron chi connectivity index (χ4n) is 3.16. The second-order valence-corrected chi connectivity index (χ2v) is 7.12. The molecule has 1 saturated heterocycles. The van der Waals surface area contributed by atoms with Crippen molar-refractivity contribution >= 4 is 32.7 Å². The van der Waals surface area contributed by atoms with E-state index in [9.17, 15) is 4.39 Å². The molecule has 1 N–H and O–H groups in total. The molecule has 4 rings (SSSR count). The number of halogens is 2. The van der Waals surface area contributed by atoms with Gasteiger partial charge in [0.05, 0.1) is 16.1 Å². The van der Waals surface area contributed by atoms with Gasteiger partial charge in [0.25, 0.3) is 0 Å². The Kier molecular flexibility index (Phi) is 3.78. The molecule has 1 aliphatic carbocycles. The van der Waals surface area contributed by atoms with E-state index >= 15 is 0 Å². The Morgan fingerprint density at radius 3 is 2.91 bits per heavy atom. The molecule has 0 bridgehead atoms. The highest BCUT2D eigenvalue weighted by Gasteiger charge is 2.35. The summed E-state index contributed by atoms with van der Waals surface area (Å²) < 4.78 is 20.0. The summed E-state index contributed by atoms with van der Waals surface area (Å²) in [6.07, 6.45) is 5.05. The molecule has 2 aliphatic rings. The Hall–Kier alpha value is -1.20. The van der Waals surface area contributed by atoms with E-state index in [4.69, 9.17) is 4.74 Å². The number of hydrogen-bond acceptors (Lipinski definition) is 3. The minimum atomic E-state index is -0.281. The van der Waals surface area contributed by atoms with Crippen LogP contribution in [-0.2, 0) is 4.74 Å². The molecule has 0 amide bonds. The van der Waals surface area contributed by atoms with Gasteiger partial charge in [0.15, 0.2) is 0 Å². The van der Waals surface area contributed by atoms with Crippen LogP contribution in [0.4, 0.5) is 10.2 Å². The van der Waals surface area contributed by atoms with E-state index in [-0.39, 0.29) is 5.82 Å². The number of pyridine rings is 1. The van der Waals surface area contributed by atoms with Crippen LogP contribution in [0.25, 0.3) is 10.9 Å². The maximum atomic E-state index is 13.7. The van der Waals surface area contributed by atoms with Gasteiger partial charge in [0.2, 0.25) is 0 Å². The third kappa shape index (κ3) is 2.97. The molecule has 22 heavy (non-hydrogen) atoms. The number of nitrogens with one attached hydrogen (secondary N) is 1. The summed E-state index contributed by atoms with van der Waals surface area (Å²) in [6.45, 7) is 0.813. The van der Waals surface area contributed by atoms with E-state index in [1.165, 1.54) is 18.9 Å². The molecule has 2 aromatic rings. The molecule has 2 fully saturated rings. The van der Waals surface area contributed by atoms with Crippen molar-refractivity contribution in [2.24, 2.45) is 5.92 Å². The van der Waals surface area contributed by atoms with Crippen LogP contribution in [0.1, 0.15) is 25.7 Å². The number of fused-ring (bicyclic) bond motifs is 1. The topological polar surface area (TPSA) is 34.2 Å². The lowest BCUT2D eigenvalue weighted by Crippen LogP contribution is -2.35. The highest BCUT2D eigenvalue weighted by atomic mass is 79.9. The summed E-state index contributed by atoms with van der Waals surface area (Å²) in [7, 11) is 0. The van der Waals surface area contributed by atoms with Crippen molar-refractivity contribution in [1.29, 1.82) is 0 Å². The third-order valence-electron chi connectivity index (χ3n) is 4.55. The minimum Gasteiger partial charge on any atom is -0.378 e. The highest BCUT2D eigenvalue weighted by Crippen LogP contribution is 2.38. The first kappa shape index (κ1) is 14.4. The molecule has 0 radical (unpaired) electrons. The lowest BCUT2D eigenvalue weighted by molar-refractivity contribution is -0.00222. The molecule has 2 heterocycles. The van der Waals surface area contributed by atoms with E-state index in [1.807, 2.05) is 12.1 Å². The van der Waals surface area contributed by atoms with Crippen LogP contribution in [0.2, 0.25) is 0 Å². The summed E-state index contributed by atoms with van der Waals surface area (Å²) in [5.41, 5.74) is 0.677. The van der Waals surface area contributed by atoms with Gasteiger partial charge in [-0.15, -0.1) is 0 Å². The van der Waals surface area contributed by atoms with Gasteiger partial charge in [0, 0.05) is 24.1 Å². The number of anilines is 1. The molecule has 5 heteroatoms. The van der Waals surface area contributed by atoms with Crippen molar-refractivity contribution in [2.75, 3.05) is 11.9 Å². The lowest BCUT2D eigenvalue weighted by Gasteiger charge is -2.30. The number of benzene rings is 1. The van der Waals surface area contributed by atoms with Crippen LogP contribution < -0.4 is 5.32 Å².